The first-order valence-corrected chi connectivity index (χ1v) is 8.64. The highest BCUT2D eigenvalue weighted by Gasteiger charge is 2.64. The molecule has 2 unspecified atom stereocenters. The maximum absolute atomic E-state index is 4.09. The summed E-state index contributed by atoms with van der Waals surface area (Å²) in [4.78, 5) is 0. The van der Waals surface area contributed by atoms with Crippen molar-refractivity contribution in [1.82, 2.24) is 0 Å². The molecule has 5 rings (SSSR count). The Labute approximate surface area is 126 Å². The Morgan fingerprint density at radius 3 is 2.11 bits per heavy atom. The molecule has 0 spiro atoms. The highest BCUT2D eigenvalue weighted by atomic mass is 79.9. The van der Waals surface area contributed by atoms with Crippen LogP contribution in [0.3, 0.4) is 0 Å². The molecular formula is C16H18Br2. The topological polar surface area (TPSA) is 0 Å². The van der Waals surface area contributed by atoms with Crippen molar-refractivity contribution in [2.24, 2.45) is 17.8 Å². The van der Waals surface area contributed by atoms with Gasteiger partial charge in [0.25, 0.3) is 0 Å². The third-order valence-corrected chi connectivity index (χ3v) is 8.47. The van der Waals surface area contributed by atoms with E-state index in [1.807, 2.05) is 0 Å². The van der Waals surface area contributed by atoms with E-state index in [4.69, 9.17) is 0 Å². The van der Waals surface area contributed by atoms with Crippen LogP contribution in [0.4, 0.5) is 0 Å². The van der Waals surface area contributed by atoms with Crippen molar-refractivity contribution in [3.8, 4) is 0 Å². The summed E-state index contributed by atoms with van der Waals surface area (Å²) in [6.07, 6.45) is 7.05. The highest BCUT2D eigenvalue weighted by Crippen LogP contribution is 2.70. The van der Waals surface area contributed by atoms with E-state index in [9.17, 15) is 0 Å². The molecule has 0 radical (unpaired) electrons. The lowest BCUT2D eigenvalue weighted by atomic mass is 9.48. The largest absolute Gasteiger partial charge is 0.0929 e. The zero-order valence-corrected chi connectivity index (χ0v) is 13.6. The molecule has 0 nitrogen and oxygen atoms in total. The summed E-state index contributed by atoms with van der Waals surface area (Å²) in [6.45, 7) is 0. The minimum atomic E-state index is 0.127. The molecule has 18 heavy (non-hydrogen) atoms. The quantitative estimate of drug-likeness (QED) is 0.593. The second kappa shape index (κ2) is 3.85. The SMILES string of the molecule is BrC1(Br)C2C[C@@H]3C[C@H](C2)CC1(c1ccccc1)C3. The van der Waals surface area contributed by atoms with Crippen LogP contribution in [0.25, 0.3) is 0 Å². The Balaban J connectivity index is 1.87. The lowest BCUT2D eigenvalue weighted by Crippen LogP contribution is -2.60. The minimum absolute atomic E-state index is 0.127. The Morgan fingerprint density at radius 1 is 0.889 bits per heavy atom. The summed E-state index contributed by atoms with van der Waals surface area (Å²) in [7, 11) is 0. The Kier molecular flexibility index (Phi) is 2.56. The van der Waals surface area contributed by atoms with Crippen molar-refractivity contribution in [2.75, 3.05) is 0 Å². The van der Waals surface area contributed by atoms with Gasteiger partial charge in [0.05, 0.1) is 3.23 Å². The van der Waals surface area contributed by atoms with Gasteiger partial charge in [0.2, 0.25) is 0 Å². The Bertz CT molecular complexity index is 451. The number of alkyl halides is 2. The molecule has 0 heterocycles. The van der Waals surface area contributed by atoms with Crippen molar-refractivity contribution in [3.05, 3.63) is 35.9 Å². The number of rotatable bonds is 1. The zero-order chi connectivity index (χ0) is 12.4. The molecule has 1 aromatic carbocycles. The predicted octanol–water partition coefficient (Wildman–Crippen LogP) is 5.25. The van der Waals surface area contributed by atoms with Gasteiger partial charge < -0.3 is 0 Å². The lowest BCUT2D eigenvalue weighted by molar-refractivity contribution is -0.00484. The van der Waals surface area contributed by atoms with Crippen molar-refractivity contribution in [3.63, 3.8) is 0 Å². The summed E-state index contributed by atoms with van der Waals surface area (Å²) < 4.78 is 0.127. The van der Waals surface area contributed by atoms with Crippen LogP contribution < -0.4 is 0 Å². The maximum Gasteiger partial charge on any atom is 0.0929 e. The van der Waals surface area contributed by atoms with E-state index < -0.39 is 0 Å². The molecule has 4 aliphatic rings. The summed E-state index contributed by atoms with van der Waals surface area (Å²) in [6, 6.07) is 11.2. The molecular weight excluding hydrogens is 352 g/mol. The Morgan fingerprint density at radius 2 is 1.50 bits per heavy atom. The van der Waals surface area contributed by atoms with Gasteiger partial charge in [-0.25, -0.2) is 0 Å². The van der Waals surface area contributed by atoms with Crippen LogP contribution in [0.2, 0.25) is 0 Å². The normalized spacial score (nSPS) is 44.2. The summed E-state index contributed by atoms with van der Waals surface area (Å²) in [5, 5.41) is 0. The fraction of sp³-hybridized carbons (Fsp3) is 0.625. The van der Waals surface area contributed by atoms with Crippen molar-refractivity contribution >= 4 is 31.9 Å². The van der Waals surface area contributed by atoms with E-state index in [1.165, 1.54) is 37.7 Å². The molecule has 2 heteroatoms. The first kappa shape index (κ1) is 12.0. The second-order valence-corrected chi connectivity index (χ2v) is 10.2. The van der Waals surface area contributed by atoms with Crippen LogP contribution in [0.1, 0.15) is 37.7 Å². The first-order valence-electron chi connectivity index (χ1n) is 7.05. The number of hydrogen-bond acceptors (Lipinski definition) is 0. The molecule has 0 aromatic heterocycles. The standard InChI is InChI=1S/C16H18Br2/c17-16(18)14-7-11-6-12(8-14)10-15(16,9-11)13-4-2-1-3-5-13/h1-5,11-12,14H,6-10H2/t11-,12+,14?,15?. The summed E-state index contributed by atoms with van der Waals surface area (Å²) in [5.74, 6) is 2.74. The Hall–Kier alpha value is 0.180. The van der Waals surface area contributed by atoms with Gasteiger partial charge in [0, 0.05) is 5.41 Å². The predicted molar refractivity (Wildman–Crippen MR) is 82.3 cm³/mol. The van der Waals surface area contributed by atoms with Gasteiger partial charge in [-0.15, -0.1) is 0 Å². The van der Waals surface area contributed by atoms with Gasteiger partial charge in [-0.2, -0.15) is 0 Å². The van der Waals surface area contributed by atoms with Crippen molar-refractivity contribution < 1.29 is 0 Å². The van der Waals surface area contributed by atoms with Crippen LogP contribution in [-0.2, 0) is 5.41 Å². The zero-order valence-electron chi connectivity index (χ0n) is 10.4. The van der Waals surface area contributed by atoms with Gasteiger partial charge >= 0.3 is 0 Å². The van der Waals surface area contributed by atoms with Crippen LogP contribution in [0, 0.1) is 17.8 Å². The molecule has 4 saturated carbocycles. The molecule has 4 aliphatic carbocycles. The fourth-order valence-electron chi connectivity index (χ4n) is 5.11. The van der Waals surface area contributed by atoms with Gasteiger partial charge in [-0.3, -0.25) is 0 Å². The highest BCUT2D eigenvalue weighted by molar-refractivity contribution is 9.25. The van der Waals surface area contributed by atoms with Crippen LogP contribution in [0.5, 0.6) is 0 Å². The number of halogens is 2. The lowest BCUT2D eigenvalue weighted by Gasteiger charge is -2.64. The fourth-order valence-corrected chi connectivity index (χ4v) is 6.96. The van der Waals surface area contributed by atoms with Crippen molar-refractivity contribution in [1.29, 1.82) is 0 Å². The summed E-state index contributed by atoms with van der Waals surface area (Å²) >= 11 is 8.19. The van der Waals surface area contributed by atoms with E-state index in [0.29, 0.717) is 5.41 Å². The van der Waals surface area contributed by atoms with E-state index in [1.54, 1.807) is 0 Å². The smallest absolute Gasteiger partial charge is 0.0714 e. The average Bonchev–Trinajstić information content (AvgIpc) is 2.36. The van der Waals surface area contributed by atoms with Gasteiger partial charge in [0.15, 0.2) is 0 Å². The molecule has 0 N–H and O–H groups in total. The summed E-state index contributed by atoms with van der Waals surface area (Å²) in [5.41, 5.74) is 1.86. The monoisotopic (exact) mass is 368 g/mol. The molecule has 0 amide bonds. The third kappa shape index (κ3) is 1.42. The second-order valence-electron chi connectivity index (χ2n) is 6.62. The molecule has 1 aromatic rings. The van der Waals surface area contributed by atoms with E-state index in [2.05, 4.69) is 62.2 Å². The molecule has 0 saturated heterocycles. The number of hydrogen-bond donors (Lipinski definition) is 0. The molecule has 0 aliphatic heterocycles. The first-order chi connectivity index (χ1) is 8.62. The van der Waals surface area contributed by atoms with Crippen LogP contribution in [0.15, 0.2) is 30.3 Å². The van der Waals surface area contributed by atoms with Gasteiger partial charge in [-0.05, 0) is 55.4 Å². The van der Waals surface area contributed by atoms with Crippen molar-refractivity contribution in [2.45, 2.75) is 40.8 Å². The van der Waals surface area contributed by atoms with Gasteiger partial charge in [-0.1, -0.05) is 62.2 Å². The van der Waals surface area contributed by atoms with E-state index in [0.717, 1.165) is 17.8 Å². The maximum atomic E-state index is 4.09. The molecule has 4 bridgehead atoms. The molecule has 4 atom stereocenters. The van der Waals surface area contributed by atoms with E-state index >= 15 is 0 Å². The van der Waals surface area contributed by atoms with Gasteiger partial charge in [0.1, 0.15) is 0 Å². The number of benzene rings is 1. The molecule has 96 valence electrons. The third-order valence-electron chi connectivity index (χ3n) is 5.65. The minimum Gasteiger partial charge on any atom is -0.0714 e. The average molecular weight is 370 g/mol. The van der Waals surface area contributed by atoms with E-state index in [-0.39, 0.29) is 3.23 Å². The van der Waals surface area contributed by atoms with Crippen LogP contribution in [-0.4, -0.2) is 3.23 Å². The molecule has 4 fully saturated rings. The van der Waals surface area contributed by atoms with Crippen LogP contribution >= 0.6 is 31.9 Å².